The van der Waals surface area contributed by atoms with Crippen molar-refractivity contribution in [3.8, 4) is 0 Å². The molecule has 0 bridgehead atoms. The number of rotatable bonds is 6. The molecule has 0 saturated heterocycles. The number of carbonyl (C=O) groups is 3. The fraction of sp³-hybridized carbons (Fsp3) is 0.450. The fourth-order valence-electron chi connectivity index (χ4n) is 3.43. The second-order valence-electron chi connectivity index (χ2n) is 6.78. The number of aromatic nitrogens is 1. The highest BCUT2D eigenvalue weighted by atomic mass is 16.6. The summed E-state index contributed by atoms with van der Waals surface area (Å²) in [7, 11) is 1.57. The maximum Gasteiger partial charge on any atom is 0.409 e. The summed E-state index contributed by atoms with van der Waals surface area (Å²) in [6.07, 6.45) is 2.05. The van der Waals surface area contributed by atoms with E-state index in [1.165, 1.54) is 4.90 Å². The number of ether oxygens (including phenoxy) is 2. The quantitative estimate of drug-likeness (QED) is 0.763. The van der Waals surface area contributed by atoms with E-state index in [2.05, 4.69) is 4.98 Å². The van der Waals surface area contributed by atoms with Gasteiger partial charge < -0.3 is 23.8 Å². The molecule has 3 rings (SSSR count). The number of amides is 1. The van der Waals surface area contributed by atoms with Gasteiger partial charge in [0, 0.05) is 30.6 Å². The van der Waals surface area contributed by atoms with Gasteiger partial charge in [-0.15, -0.1) is 0 Å². The van der Waals surface area contributed by atoms with E-state index >= 15 is 0 Å². The van der Waals surface area contributed by atoms with Gasteiger partial charge in [0.2, 0.25) is 0 Å². The van der Waals surface area contributed by atoms with Crippen molar-refractivity contribution in [3.63, 3.8) is 0 Å². The standard InChI is InChI=1S/C20H24N2O6/c1-4-26-20(25)22(3)7-9-28-19(24)18-12(2)17-14(21-18)10-13(11-15(17)23)16-6-5-8-27-16/h5-6,8,13,21H,4,7,9-11H2,1-3H3. The average Bonchev–Trinajstić information content (AvgIpc) is 3.30. The monoisotopic (exact) mass is 388 g/mol. The number of hydrogen-bond acceptors (Lipinski definition) is 6. The van der Waals surface area contributed by atoms with Crippen molar-refractivity contribution in [2.45, 2.75) is 32.6 Å². The summed E-state index contributed by atoms with van der Waals surface area (Å²) in [6, 6.07) is 3.65. The lowest BCUT2D eigenvalue weighted by molar-refractivity contribution is 0.0450. The van der Waals surface area contributed by atoms with E-state index in [0.29, 0.717) is 24.0 Å². The van der Waals surface area contributed by atoms with Crippen molar-refractivity contribution in [1.29, 1.82) is 0 Å². The minimum Gasteiger partial charge on any atom is -0.469 e. The molecular formula is C20H24N2O6. The van der Waals surface area contributed by atoms with Gasteiger partial charge in [0.05, 0.1) is 19.4 Å². The van der Waals surface area contributed by atoms with Crippen molar-refractivity contribution in [2.24, 2.45) is 0 Å². The molecule has 0 aromatic carbocycles. The van der Waals surface area contributed by atoms with Crippen molar-refractivity contribution >= 4 is 17.8 Å². The Kier molecular flexibility index (Phi) is 5.87. The maximum absolute atomic E-state index is 12.6. The molecule has 1 unspecified atom stereocenters. The summed E-state index contributed by atoms with van der Waals surface area (Å²) in [5.41, 5.74) is 2.17. The topological polar surface area (TPSA) is 102 Å². The first kappa shape index (κ1) is 19.7. The molecule has 1 amide bonds. The number of nitrogens with one attached hydrogen (secondary N) is 1. The van der Waals surface area contributed by atoms with Crippen LogP contribution in [0.15, 0.2) is 22.8 Å². The van der Waals surface area contributed by atoms with Crippen LogP contribution < -0.4 is 0 Å². The van der Waals surface area contributed by atoms with Crippen molar-refractivity contribution in [3.05, 3.63) is 46.7 Å². The summed E-state index contributed by atoms with van der Waals surface area (Å²) < 4.78 is 15.6. The first-order valence-corrected chi connectivity index (χ1v) is 9.25. The molecule has 0 fully saturated rings. The van der Waals surface area contributed by atoms with Crippen LogP contribution in [0.1, 0.15) is 57.1 Å². The first-order chi connectivity index (χ1) is 13.4. The Balaban J connectivity index is 1.66. The zero-order chi connectivity index (χ0) is 20.3. The largest absolute Gasteiger partial charge is 0.469 e. The molecule has 1 aliphatic rings. The molecule has 150 valence electrons. The number of fused-ring (bicyclic) bond motifs is 1. The maximum atomic E-state index is 12.6. The van der Waals surface area contributed by atoms with Crippen molar-refractivity contribution in [2.75, 3.05) is 26.8 Å². The number of carbonyl (C=O) groups excluding carboxylic acids is 3. The van der Waals surface area contributed by atoms with Gasteiger partial charge in [-0.3, -0.25) is 4.79 Å². The second-order valence-corrected chi connectivity index (χ2v) is 6.78. The van der Waals surface area contributed by atoms with Gasteiger partial charge in [-0.1, -0.05) is 0 Å². The van der Waals surface area contributed by atoms with Crippen LogP contribution in [0.25, 0.3) is 0 Å². The van der Waals surface area contributed by atoms with E-state index in [-0.39, 0.29) is 37.2 Å². The van der Waals surface area contributed by atoms with Crippen molar-refractivity contribution < 1.29 is 28.3 Å². The number of esters is 1. The third-order valence-corrected chi connectivity index (χ3v) is 4.88. The van der Waals surface area contributed by atoms with Gasteiger partial charge in [-0.25, -0.2) is 9.59 Å². The van der Waals surface area contributed by atoms with Gasteiger partial charge >= 0.3 is 12.1 Å². The van der Waals surface area contributed by atoms with Gasteiger partial charge in [-0.05, 0) is 38.0 Å². The molecule has 0 spiro atoms. The number of ketones is 1. The first-order valence-electron chi connectivity index (χ1n) is 9.25. The number of aromatic amines is 1. The van der Waals surface area contributed by atoms with Gasteiger partial charge in [-0.2, -0.15) is 0 Å². The molecule has 0 aliphatic heterocycles. The zero-order valence-electron chi connectivity index (χ0n) is 16.2. The second kappa shape index (κ2) is 8.33. The van der Waals surface area contributed by atoms with Crippen LogP contribution in [0.5, 0.6) is 0 Å². The molecule has 8 nitrogen and oxygen atoms in total. The number of Topliss-reactive ketones (excluding diaryl/α,β-unsaturated/α-hetero) is 1. The molecule has 1 atom stereocenters. The van der Waals surface area contributed by atoms with Gasteiger partial charge in [0.25, 0.3) is 0 Å². The minimum absolute atomic E-state index is 0.0162. The SMILES string of the molecule is CCOC(=O)N(C)CCOC(=O)c1[nH]c2c(c1C)C(=O)CC(c1ccco1)C2. The predicted octanol–water partition coefficient (Wildman–Crippen LogP) is 3.07. The van der Waals surface area contributed by atoms with Crippen LogP contribution in [0, 0.1) is 6.92 Å². The lowest BCUT2D eigenvalue weighted by Gasteiger charge is -2.19. The minimum atomic E-state index is -0.550. The summed E-state index contributed by atoms with van der Waals surface area (Å²) in [5.74, 6) is 0.150. The molecule has 28 heavy (non-hydrogen) atoms. The van der Waals surface area contributed by atoms with Crippen LogP contribution in [0.4, 0.5) is 4.79 Å². The lowest BCUT2D eigenvalue weighted by atomic mass is 9.84. The third-order valence-electron chi connectivity index (χ3n) is 4.88. The Morgan fingerprint density at radius 1 is 1.32 bits per heavy atom. The summed E-state index contributed by atoms with van der Waals surface area (Å²) in [6.45, 7) is 3.98. The number of likely N-dealkylation sites (N-methyl/N-ethyl adjacent to an activating group) is 1. The van der Waals surface area contributed by atoms with E-state index in [9.17, 15) is 14.4 Å². The third kappa shape index (κ3) is 3.95. The van der Waals surface area contributed by atoms with E-state index in [4.69, 9.17) is 13.9 Å². The summed E-state index contributed by atoms with van der Waals surface area (Å²) >= 11 is 0. The Bertz CT molecular complexity index is 868. The number of H-pyrrole nitrogens is 1. The van der Waals surface area contributed by atoms with Crippen molar-refractivity contribution in [1.82, 2.24) is 9.88 Å². The molecule has 2 heterocycles. The van der Waals surface area contributed by atoms with E-state index < -0.39 is 12.1 Å². The van der Waals surface area contributed by atoms with E-state index in [1.807, 2.05) is 6.07 Å². The van der Waals surface area contributed by atoms with Crippen LogP contribution in [0.2, 0.25) is 0 Å². The van der Waals surface area contributed by atoms with Crippen LogP contribution >= 0.6 is 0 Å². The highest BCUT2D eigenvalue weighted by Crippen LogP contribution is 2.35. The Labute approximate surface area is 162 Å². The summed E-state index contributed by atoms with van der Waals surface area (Å²) in [4.78, 5) is 41.0. The van der Waals surface area contributed by atoms with E-state index in [0.717, 1.165) is 11.5 Å². The molecule has 2 aromatic rings. The Hall–Kier alpha value is -3.03. The van der Waals surface area contributed by atoms with Crippen LogP contribution in [-0.4, -0.2) is 54.5 Å². The number of nitrogens with zero attached hydrogens (tertiary/aromatic N) is 1. The molecule has 0 radical (unpaired) electrons. The number of furan rings is 1. The van der Waals surface area contributed by atoms with Crippen LogP contribution in [-0.2, 0) is 15.9 Å². The predicted molar refractivity (Wildman–Crippen MR) is 99.6 cm³/mol. The molecule has 2 aromatic heterocycles. The van der Waals surface area contributed by atoms with E-state index in [1.54, 1.807) is 33.2 Å². The molecule has 0 saturated carbocycles. The summed E-state index contributed by atoms with van der Waals surface area (Å²) in [5, 5.41) is 0. The highest BCUT2D eigenvalue weighted by molar-refractivity contribution is 6.03. The molecule has 8 heteroatoms. The Morgan fingerprint density at radius 2 is 2.11 bits per heavy atom. The zero-order valence-corrected chi connectivity index (χ0v) is 16.2. The lowest BCUT2D eigenvalue weighted by Crippen LogP contribution is -2.31. The smallest absolute Gasteiger partial charge is 0.409 e. The number of hydrogen-bond donors (Lipinski definition) is 1. The van der Waals surface area contributed by atoms with Gasteiger partial charge in [0.15, 0.2) is 5.78 Å². The average molecular weight is 388 g/mol. The molecular weight excluding hydrogens is 364 g/mol. The van der Waals surface area contributed by atoms with Crippen LogP contribution in [0.3, 0.4) is 0 Å². The molecule has 1 N–H and O–H groups in total. The fourth-order valence-corrected chi connectivity index (χ4v) is 3.43. The normalized spacial score (nSPS) is 15.8. The molecule has 1 aliphatic carbocycles. The highest BCUT2D eigenvalue weighted by Gasteiger charge is 2.33. The Morgan fingerprint density at radius 3 is 2.79 bits per heavy atom. The van der Waals surface area contributed by atoms with Gasteiger partial charge in [0.1, 0.15) is 18.1 Å².